The summed E-state index contributed by atoms with van der Waals surface area (Å²) in [6.45, 7) is 2.51. The van der Waals surface area contributed by atoms with Crippen LogP contribution in [0.25, 0.3) is 0 Å². The SMILES string of the molecule is COC[C@@H](NC[C@@H]1CCCCO1)c1ccccc1. The lowest BCUT2D eigenvalue weighted by Gasteiger charge is -2.26. The number of ether oxygens (including phenoxy) is 2. The summed E-state index contributed by atoms with van der Waals surface area (Å²) in [4.78, 5) is 0. The van der Waals surface area contributed by atoms with Crippen molar-refractivity contribution < 1.29 is 9.47 Å². The molecule has 1 N–H and O–H groups in total. The third-order valence-corrected chi connectivity index (χ3v) is 3.40. The third kappa shape index (κ3) is 4.09. The first-order chi connectivity index (χ1) is 8.90. The van der Waals surface area contributed by atoms with Crippen LogP contribution in [0.2, 0.25) is 0 Å². The maximum atomic E-state index is 5.74. The van der Waals surface area contributed by atoms with Crippen molar-refractivity contribution in [1.82, 2.24) is 5.32 Å². The van der Waals surface area contributed by atoms with Gasteiger partial charge in [0.2, 0.25) is 0 Å². The van der Waals surface area contributed by atoms with Crippen molar-refractivity contribution >= 4 is 0 Å². The predicted octanol–water partition coefficient (Wildman–Crippen LogP) is 2.53. The molecule has 0 spiro atoms. The topological polar surface area (TPSA) is 30.5 Å². The van der Waals surface area contributed by atoms with Crippen LogP contribution in [0.3, 0.4) is 0 Å². The van der Waals surface area contributed by atoms with Gasteiger partial charge in [0.1, 0.15) is 0 Å². The number of methoxy groups -OCH3 is 1. The first-order valence-electron chi connectivity index (χ1n) is 6.79. The molecule has 1 fully saturated rings. The fourth-order valence-corrected chi connectivity index (χ4v) is 2.37. The lowest BCUT2D eigenvalue weighted by atomic mass is 10.1. The van der Waals surface area contributed by atoms with Crippen LogP contribution in [0.15, 0.2) is 30.3 Å². The molecule has 2 atom stereocenters. The van der Waals surface area contributed by atoms with Crippen LogP contribution in [0.4, 0.5) is 0 Å². The molecule has 18 heavy (non-hydrogen) atoms. The van der Waals surface area contributed by atoms with Gasteiger partial charge in [0.05, 0.1) is 18.8 Å². The minimum absolute atomic E-state index is 0.252. The summed E-state index contributed by atoms with van der Waals surface area (Å²) < 4.78 is 11.0. The molecule has 0 amide bonds. The molecule has 1 heterocycles. The molecule has 1 aliphatic rings. The number of hydrogen-bond donors (Lipinski definition) is 1. The second-order valence-corrected chi connectivity index (χ2v) is 4.82. The Balaban J connectivity index is 1.86. The average Bonchev–Trinajstić information content (AvgIpc) is 2.45. The summed E-state index contributed by atoms with van der Waals surface area (Å²) in [5.74, 6) is 0. The molecule has 3 nitrogen and oxygen atoms in total. The van der Waals surface area contributed by atoms with Crippen LogP contribution in [0.5, 0.6) is 0 Å². The van der Waals surface area contributed by atoms with Crippen molar-refractivity contribution in [3.8, 4) is 0 Å². The molecule has 3 heteroatoms. The molecule has 1 saturated heterocycles. The Morgan fingerprint density at radius 2 is 2.17 bits per heavy atom. The summed E-state index contributed by atoms with van der Waals surface area (Å²) in [7, 11) is 1.74. The summed E-state index contributed by atoms with van der Waals surface area (Å²) in [5, 5.41) is 3.56. The zero-order valence-corrected chi connectivity index (χ0v) is 11.1. The van der Waals surface area contributed by atoms with Crippen LogP contribution >= 0.6 is 0 Å². The third-order valence-electron chi connectivity index (χ3n) is 3.40. The molecule has 0 radical (unpaired) electrons. The molecule has 0 bridgehead atoms. The molecule has 100 valence electrons. The van der Waals surface area contributed by atoms with Gasteiger partial charge in [-0.3, -0.25) is 0 Å². The fourth-order valence-electron chi connectivity index (χ4n) is 2.37. The Morgan fingerprint density at radius 1 is 1.33 bits per heavy atom. The van der Waals surface area contributed by atoms with Crippen LogP contribution in [0.1, 0.15) is 30.9 Å². The zero-order valence-electron chi connectivity index (χ0n) is 11.1. The number of nitrogens with one attached hydrogen (secondary N) is 1. The van der Waals surface area contributed by atoms with E-state index in [1.807, 2.05) is 6.07 Å². The van der Waals surface area contributed by atoms with E-state index in [1.54, 1.807) is 7.11 Å². The molecule has 1 aromatic rings. The van der Waals surface area contributed by atoms with E-state index in [-0.39, 0.29) is 6.04 Å². The van der Waals surface area contributed by atoms with Crippen molar-refractivity contribution in [2.45, 2.75) is 31.4 Å². The summed E-state index contributed by atoms with van der Waals surface area (Å²) in [5.41, 5.74) is 1.27. The fraction of sp³-hybridized carbons (Fsp3) is 0.600. The average molecular weight is 249 g/mol. The molecule has 2 rings (SSSR count). The number of hydrogen-bond acceptors (Lipinski definition) is 3. The quantitative estimate of drug-likeness (QED) is 0.840. The Morgan fingerprint density at radius 3 is 2.83 bits per heavy atom. The van der Waals surface area contributed by atoms with Crippen molar-refractivity contribution in [3.05, 3.63) is 35.9 Å². The standard InChI is InChI=1S/C15H23NO2/c1-17-12-15(13-7-3-2-4-8-13)16-11-14-9-5-6-10-18-14/h2-4,7-8,14-16H,5-6,9-12H2,1H3/t14-,15+/m0/s1. The summed E-state index contributed by atoms with van der Waals surface area (Å²) >= 11 is 0. The Hall–Kier alpha value is -0.900. The van der Waals surface area contributed by atoms with Gasteiger partial charge in [-0.05, 0) is 24.8 Å². The molecule has 0 aromatic heterocycles. The first-order valence-corrected chi connectivity index (χ1v) is 6.79. The van der Waals surface area contributed by atoms with Gasteiger partial charge in [0, 0.05) is 20.3 Å². The molecule has 0 aliphatic carbocycles. The van der Waals surface area contributed by atoms with E-state index in [0.29, 0.717) is 12.7 Å². The van der Waals surface area contributed by atoms with Gasteiger partial charge in [-0.2, -0.15) is 0 Å². The van der Waals surface area contributed by atoms with Crippen molar-refractivity contribution in [2.75, 3.05) is 26.9 Å². The second-order valence-electron chi connectivity index (χ2n) is 4.82. The second kappa shape index (κ2) is 7.52. The smallest absolute Gasteiger partial charge is 0.0699 e. The Bertz CT molecular complexity index is 323. The highest BCUT2D eigenvalue weighted by molar-refractivity contribution is 5.18. The number of benzene rings is 1. The van der Waals surface area contributed by atoms with Gasteiger partial charge in [0.25, 0.3) is 0 Å². The maximum absolute atomic E-state index is 5.74. The molecule has 0 saturated carbocycles. The zero-order chi connectivity index (χ0) is 12.6. The van der Waals surface area contributed by atoms with Gasteiger partial charge in [-0.15, -0.1) is 0 Å². The van der Waals surface area contributed by atoms with Gasteiger partial charge in [0.15, 0.2) is 0 Å². The van der Waals surface area contributed by atoms with Gasteiger partial charge < -0.3 is 14.8 Å². The molecule has 1 aromatic carbocycles. The minimum Gasteiger partial charge on any atom is -0.383 e. The summed E-state index contributed by atoms with van der Waals surface area (Å²) in [6.07, 6.45) is 4.02. The van der Waals surface area contributed by atoms with E-state index < -0.39 is 0 Å². The normalized spacial score (nSPS) is 21.7. The highest BCUT2D eigenvalue weighted by Gasteiger charge is 2.16. The Labute approximate surface area is 109 Å². The van der Waals surface area contributed by atoms with E-state index in [4.69, 9.17) is 9.47 Å². The minimum atomic E-state index is 0.252. The van der Waals surface area contributed by atoms with E-state index in [1.165, 1.54) is 24.8 Å². The monoisotopic (exact) mass is 249 g/mol. The highest BCUT2D eigenvalue weighted by atomic mass is 16.5. The van der Waals surface area contributed by atoms with Gasteiger partial charge in [-0.25, -0.2) is 0 Å². The van der Waals surface area contributed by atoms with E-state index in [2.05, 4.69) is 29.6 Å². The summed E-state index contributed by atoms with van der Waals surface area (Å²) in [6, 6.07) is 10.7. The first kappa shape index (κ1) is 13.5. The molecular weight excluding hydrogens is 226 g/mol. The van der Waals surface area contributed by atoms with E-state index >= 15 is 0 Å². The van der Waals surface area contributed by atoms with E-state index in [0.717, 1.165) is 13.2 Å². The number of rotatable bonds is 6. The van der Waals surface area contributed by atoms with Crippen molar-refractivity contribution in [3.63, 3.8) is 0 Å². The lowest BCUT2D eigenvalue weighted by molar-refractivity contribution is 0.0134. The molecule has 0 unspecified atom stereocenters. The van der Waals surface area contributed by atoms with E-state index in [9.17, 15) is 0 Å². The van der Waals surface area contributed by atoms with Crippen LogP contribution in [-0.4, -0.2) is 33.0 Å². The lowest BCUT2D eigenvalue weighted by Crippen LogP contribution is -2.35. The maximum Gasteiger partial charge on any atom is 0.0699 e. The van der Waals surface area contributed by atoms with Crippen LogP contribution in [-0.2, 0) is 9.47 Å². The van der Waals surface area contributed by atoms with Crippen molar-refractivity contribution in [1.29, 1.82) is 0 Å². The van der Waals surface area contributed by atoms with Crippen molar-refractivity contribution in [2.24, 2.45) is 0 Å². The van der Waals surface area contributed by atoms with Gasteiger partial charge in [-0.1, -0.05) is 30.3 Å². The predicted molar refractivity (Wildman–Crippen MR) is 72.7 cm³/mol. The molecular formula is C15H23NO2. The van der Waals surface area contributed by atoms with Gasteiger partial charge >= 0.3 is 0 Å². The largest absolute Gasteiger partial charge is 0.383 e. The van der Waals surface area contributed by atoms with Crippen LogP contribution in [0, 0.1) is 0 Å². The molecule has 1 aliphatic heterocycles. The highest BCUT2D eigenvalue weighted by Crippen LogP contribution is 2.16. The van der Waals surface area contributed by atoms with Crippen LogP contribution < -0.4 is 5.32 Å². The Kier molecular flexibility index (Phi) is 5.65.